The van der Waals surface area contributed by atoms with Crippen LogP contribution in [0.5, 0.6) is 11.5 Å². The van der Waals surface area contributed by atoms with Crippen LogP contribution in [0.25, 0.3) is 5.57 Å². The lowest BCUT2D eigenvalue weighted by atomic mass is 10.1. The average Bonchev–Trinajstić information content (AvgIpc) is 3.36. The van der Waals surface area contributed by atoms with Crippen molar-refractivity contribution in [1.29, 1.82) is 0 Å². The Morgan fingerprint density at radius 3 is 2.51 bits per heavy atom. The summed E-state index contributed by atoms with van der Waals surface area (Å²) in [5.41, 5.74) is -0.943. The van der Waals surface area contributed by atoms with Gasteiger partial charge in [-0.15, -0.1) is 15.0 Å². The third-order valence-corrected chi connectivity index (χ3v) is 6.46. The van der Waals surface area contributed by atoms with E-state index in [9.17, 15) is 26.7 Å². The molecule has 3 heterocycles. The highest BCUT2D eigenvalue weighted by molar-refractivity contribution is 7.90. The van der Waals surface area contributed by atoms with E-state index in [1.54, 1.807) is 18.2 Å². The molecule has 0 spiro atoms. The number of ether oxygens (including phenoxy) is 2. The molecule has 1 N–H and O–H groups in total. The monoisotopic (exact) mass is 539 g/mol. The molecule has 0 amide bonds. The molecule has 196 valence electrons. The number of halogens is 3. The topological polar surface area (TPSA) is 145 Å². The van der Waals surface area contributed by atoms with Gasteiger partial charge >= 0.3 is 6.18 Å². The molecule has 0 saturated heterocycles. The normalized spacial score (nSPS) is 16.0. The van der Waals surface area contributed by atoms with Crippen LogP contribution in [0.4, 0.5) is 13.2 Å². The molecule has 37 heavy (non-hydrogen) atoms. The van der Waals surface area contributed by atoms with Gasteiger partial charge in [-0.25, -0.2) is 18.4 Å². The molecule has 0 fully saturated rings. The zero-order valence-electron chi connectivity index (χ0n) is 19.4. The fourth-order valence-electron chi connectivity index (χ4n) is 3.39. The minimum absolute atomic E-state index is 0.119. The quantitative estimate of drug-likeness (QED) is 0.417. The molecule has 16 heteroatoms. The average molecular weight is 539 g/mol. The number of aromatic nitrogens is 6. The Morgan fingerprint density at radius 2 is 1.86 bits per heavy atom. The van der Waals surface area contributed by atoms with Crippen LogP contribution in [0.1, 0.15) is 17.0 Å². The maximum absolute atomic E-state index is 13.6. The highest BCUT2D eigenvalue weighted by Gasteiger charge is 2.36. The Balaban J connectivity index is 1.71. The fraction of sp³-hybridized carbons (Fsp3) is 0.286. The number of allylic oxidation sites excluding steroid dienone is 2. The van der Waals surface area contributed by atoms with E-state index in [-0.39, 0.29) is 17.8 Å². The summed E-state index contributed by atoms with van der Waals surface area (Å²) in [6.07, 6.45) is -1.04. The van der Waals surface area contributed by atoms with Gasteiger partial charge in [0.05, 0.1) is 19.9 Å². The smallest absolute Gasteiger partial charge is 0.433 e. The van der Waals surface area contributed by atoms with Crippen LogP contribution in [0.15, 0.2) is 54.1 Å². The minimum atomic E-state index is -4.95. The highest BCUT2D eigenvalue weighted by Crippen LogP contribution is 2.32. The van der Waals surface area contributed by atoms with Crippen molar-refractivity contribution in [3.63, 3.8) is 0 Å². The number of aliphatic hydroxyl groups excluding tert-OH is 1. The molecule has 1 aromatic carbocycles. The molecule has 3 aromatic rings. The molecule has 1 aliphatic heterocycles. The lowest BCUT2D eigenvalue weighted by Crippen LogP contribution is -2.30. The number of nitrogens with zero attached hydrogens (tertiary/aromatic N) is 7. The van der Waals surface area contributed by atoms with E-state index < -0.39 is 39.0 Å². The van der Waals surface area contributed by atoms with Crippen LogP contribution in [0.2, 0.25) is 0 Å². The summed E-state index contributed by atoms with van der Waals surface area (Å²) < 4.78 is 76.8. The highest BCUT2D eigenvalue weighted by atomic mass is 32.2. The summed E-state index contributed by atoms with van der Waals surface area (Å²) in [6.45, 7) is 0.135. The van der Waals surface area contributed by atoms with E-state index in [0.29, 0.717) is 27.9 Å². The van der Waals surface area contributed by atoms with Crippen LogP contribution in [0.3, 0.4) is 0 Å². The standard InChI is InChI=1S/C21H20F3N7O5S/c1-35-16-5-3-13(7-17(16)36-2)9-30-10-14(4-6-19(30)32)15-8-18(21(22,23)24)28-20(27-15)37(33,34)12-31-26-11-25-29-31/h3-8,10-11,19,32H,9,12H2,1-2H3. The molecular formula is C21H20F3N7O5S. The predicted octanol–water partition coefficient (Wildman–Crippen LogP) is 1.66. The third kappa shape index (κ3) is 5.86. The Hall–Kier alpha value is -4.05. The van der Waals surface area contributed by atoms with Crippen LogP contribution in [-0.4, -0.2) is 69.0 Å². The summed E-state index contributed by atoms with van der Waals surface area (Å²) in [7, 11) is -1.52. The molecular weight excluding hydrogens is 519 g/mol. The van der Waals surface area contributed by atoms with E-state index in [2.05, 4.69) is 25.4 Å². The zero-order chi connectivity index (χ0) is 26.8. The molecule has 12 nitrogen and oxygen atoms in total. The second kappa shape index (κ2) is 10.1. The van der Waals surface area contributed by atoms with E-state index in [0.717, 1.165) is 6.33 Å². The zero-order valence-corrected chi connectivity index (χ0v) is 20.2. The Kier molecular flexibility index (Phi) is 7.13. The molecule has 0 aliphatic carbocycles. The molecule has 1 aliphatic rings. The van der Waals surface area contributed by atoms with Gasteiger partial charge in [0.1, 0.15) is 11.9 Å². The van der Waals surface area contributed by atoms with Crippen molar-refractivity contribution in [1.82, 2.24) is 35.1 Å². The number of methoxy groups -OCH3 is 2. The van der Waals surface area contributed by atoms with Gasteiger partial charge < -0.3 is 19.5 Å². The number of sulfone groups is 1. The number of tetrazole rings is 1. The SMILES string of the molecule is COc1ccc(CN2C=C(c3cc(C(F)(F)F)nc(S(=O)(=O)Cn4ncnn4)n3)C=CC2O)cc1OC. The summed E-state index contributed by atoms with van der Waals surface area (Å²) in [6, 6.07) is 5.73. The minimum Gasteiger partial charge on any atom is -0.493 e. The first-order chi connectivity index (χ1) is 17.5. The number of alkyl halides is 3. The molecule has 0 saturated carbocycles. The van der Waals surface area contributed by atoms with Gasteiger partial charge in [-0.1, -0.05) is 12.1 Å². The Labute approximate surface area is 208 Å². The van der Waals surface area contributed by atoms with Crippen LogP contribution in [0, 0.1) is 0 Å². The first kappa shape index (κ1) is 26.0. The molecule has 1 atom stereocenters. The number of rotatable bonds is 8. The molecule has 0 radical (unpaired) electrons. The van der Waals surface area contributed by atoms with E-state index in [1.807, 2.05) is 0 Å². The maximum Gasteiger partial charge on any atom is 0.433 e. The van der Waals surface area contributed by atoms with Gasteiger partial charge in [0.2, 0.25) is 15.0 Å². The van der Waals surface area contributed by atoms with Crippen LogP contribution >= 0.6 is 0 Å². The summed E-state index contributed by atoms with van der Waals surface area (Å²) in [4.78, 5) is 9.23. The molecule has 1 unspecified atom stereocenters. The van der Waals surface area contributed by atoms with Crippen molar-refractivity contribution < 1.29 is 36.2 Å². The lowest BCUT2D eigenvalue weighted by molar-refractivity contribution is -0.141. The largest absolute Gasteiger partial charge is 0.493 e. The van der Waals surface area contributed by atoms with Gasteiger partial charge in [0.25, 0.3) is 0 Å². The van der Waals surface area contributed by atoms with Crippen molar-refractivity contribution in [2.24, 2.45) is 0 Å². The van der Waals surface area contributed by atoms with Crippen LogP contribution in [-0.2, 0) is 28.4 Å². The lowest BCUT2D eigenvalue weighted by Gasteiger charge is -2.28. The van der Waals surface area contributed by atoms with Gasteiger partial charge in [0.15, 0.2) is 23.7 Å². The second-order valence-electron chi connectivity index (χ2n) is 7.69. The molecule has 2 aromatic heterocycles. The van der Waals surface area contributed by atoms with Crippen molar-refractivity contribution in [2.75, 3.05) is 14.2 Å². The molecule has 4 rings (SSSR count). The summed E-state index contributed by atoms with van der Waals surface area (Å²) >= 11 is 0. The third-order valence-electron chi connectivity index (χ3n) is 5.15. The number of aliphatic hydroxyl groups is 1. The predicted molar refractivity (Wildman–Crippen MR) is 120 cm³/mol. The van der Waals surface area contributed by atoms with Gasteiger partial charge in [-0.05, 0) is 35.1 Å². The Bertz CT molecular complexity index is 1440. The number of benzene rings is 1. The number of hydrogen-bond acceptors (Lipinski definition) is 11. The van der Waals surface area contributed by atoms with Crippen LogP contribution < -0.4 is 9.47 Å². The number of hydrogen-bond donors (Lipinski definition) is 1. The van der Waals surface area contributed by atoms with Crippen molar-refractivity contribution in [3.05, 3.63) is 65.9 Å². The molecule has 0 bridgehead atoms. The van der Waals surface area contributed by atoms with Gasteiger partial charge in [-0.3, -0.25) is 0 Å². The maximum atomic E-state index is 13.6. The van der Waals surface area contributed by atoms with Crippen molar-refractivity contribution in [3.8, 4) is 11.5 Å². The van der Waals surface area contributed by atoms with E-state index in [1.165, 1.54) is 37.5 Å². The fourth-order valence-corrected chi connectivity index (χ4v) is 4.41. The first-order valence-corrected chi connectivity index (χ1v) is 12.1. The van der Waals surface area contributed by atoms with Crippen molar-refractivity contribution >= 4 is 15.4 Å². The Morgan fingerprint density at radius 1 is 1.11 bits per heavy atom. The summed E-state index contributed by atoms with van der Waals surface area (Å²) in [5.74, 6) is 0.0397. The first-order valence-electron chi connectivity index (χ1n) is 10.4. The van der Waals surface area contributed by atoms with Crippen molar-refractivity contribution in [2.45, 2.75) is 30.0 Å². The second-order valence-corrected chi connectivity index (χ2v) is 9.54. The van der Waals surface area contributed by atoms with E-state index >= 15 is 0 Å². The van der Waals surface area contributed by atoms with Gasteiger partial charge in [-0.2, -0.15) is 13.2 Å². The summed E-state index contributed by atoms with van der Waals surface area (Å²) in [5, 5.41) is 19.7. The van der Waals surface area contributed by atoms with E-state index in [4.69, 9.17) is 9.47 Å². The van der Waals surface area contributed by atoms with Gasteiger partial charge in [0, 0.05) is 18.3 Å².